The van der Waals surface area contributed by atoms with Gasteiger partial charge in [-0.15, -0.1) is 0 Å². The van der Waals surface area contributed by atoms with Gasteiger partial charge in [-0.2, -0.15) is 0 Å². The van der Waals surface area contributed by atoms with Gasteiger partial charge in [-0.25, -0.2) is 0 Å². The van der Waals surface area contributed by atoms with Crippen molar-refractivity contribution in [2.24, 2.45) is 0 Å². The molecule has 0 spiro atoms. The predicted octanol–water partition coefficient (Wildman–Crippen LogP) is 1.62. The van der Waals surface area contributed by atoms with E-state index in [-0.39, 0.29) is 11.0 Å². The van der Waals surface area contributed by atoms with Crippen LogP contribution in [0.4, 0.5) is 0 Å². The fraction of sp³-hybridized carbons (Fsp3) is 0. The van der Waals surface area contributed by atoms with Gasteiger partial charge in [0.2, 0.25) is 0 Å². The molecule has 2 N–H and O–H groups in total. The lowest BCUT2D eigenvalue weighted by Gasteiger charge is -2.09. The van der Waals surface area contributed by atoms with Crippen LogP contribution in [0.3, 0.4) is 0 Å². The van der Waals surface area contributed by atoms with Crippen molar-refractivity contribution in [3.63, 3.8) is 0 Å². The molecular weight excluding hydrogens is 266 g/mol. The number of carbonyl (C=O) groups is 1. The van der Waals surface area contributed by atoms with E-state index in [4.69, 9.17) is 16.3 Å². The highest BCUT2D eigenvalue weighted by Crippen LogP contribution is 2.22. The molecule has 0 radical (unpaired) electrons. The first-order chi connectivity index (χ1) is 9.10. The molecule has 0 aliphatic carbocycles. The number of halogens is 1. The topological polar surface area (TPSA) is 66.8 Å². The van der Waals surface area contributed by atoms with E-state index in [2.05, 4.69) is 0 Å². The zero-order chi connectivity index (χ0) is 13.8. The van der Waals surface area contributed by atoms with Crippen molar-refractivity contribution in [1.82, 2.24) is 0 Å². The minimum absolute atomic E-state index is 0.0986. The quantitative estimate of drug-likeness (QED) is 0.658. The summed E-state index contributed by atoms with van der Waals surface area (Å²) >= 11 is 5.76. The largest absolute Gasteiger partial charge is 0.489 e. The van der Waals surface area contributed by atoms with Crippen LogP contribution in [0.25, 0.3) is 0 Å². The van der Waals surface area contributed by atoms with E-state index in [0.717, 1.165) is 0 Å². The Morgan fingerprint density at radius 2 is 1.68 bits per heavy atom. The van der Waals surface area contributed by atoms with Gasteiger partial charge in [0.1, 0.15) is 17.8 Å². The van der Waals surface area contributed by atoms with E-state index >= 15 is 0 Å². The van der Waals surface area contributed by atoms with E-state index < -0.39 is 7.12 Å². The summed E-state index contributed by atoms with van der Waals surface area (Å²) in [5.74, 6) is 0.956. The molecule has 0 aliphatic rings. The molecule has 0 fully saturated rings. The summed E-state index contributed by atoms with van der Waals surface area (Å²) in [4.78, 5) is 10.8. The highest BCUT2D eigenvalue weighted by atomic mass is 35.5. The first kappa shape index (κ1) is 13.6. The Hall–Kier alpha value is -1.82. The van der Waals surface area contributed by atoms with Crippen molar-refractivity contribution >= 4 is 30.5 Å². The zero-order valence-corrected chi connectivity index (χ0v) is 10.5. The van der Waals surface area contributed by atoms with Crippen LogP contribution in [0.5, 0.6) is 11.5 Å². The molecule has 0 saturated carbocycles. The average molecular weight is 276 g/mol. The van der Waals surface area contributed by atoms with Crippen LogP contribution in [0, 0.1) is 0 Å². The van der Waals surface area contributed by atoms with Crippen LogP contribution in [-0.2, 0) is 0 Å². The summed E-state index contributed by atoms with van der Waals surface area (Å²) in [6, 6.07) is 11.2. The Kier molecular flexibility index (Phi) is 4.22. The first-order valence-electron chi connectivity index (χ1n) is 5.49. The fourth-order valence-corrected chi connectivity index (χ4v) is 1.71. The molecule has 0 aliphatic heterocycles. The molecule has 2 aromatic rings. The summed E-state index contributed by atoms with van der Waals surface area (Å²) < 4.78 is 5.53. The molecule has 96 valence electrons. The van der Waals surface area contributed by atoms with E-state index in [0.29, 0.717) is 22.8 Å². The van der Waals surface area contributed by atoms with Crippen molar-refractivity contribution in [3.05, 3.63) is 53.1 Å². The number of aldehydes is 1. The third-order valence-electron chi connectivity index (χ3n) is 2.51. The maximum absolute atomic E-state index is 10.8. The fourth-order valence-electron chi connectivity index (χ4n) is 1.59. The normalized spacial score (nSPS) is 10.1. The Balaban J connectivity index is 2.28. The van der Waals surface area contributed by atoms with Gasteiger partial charge in [0.05, 0.1) is 0 Å². The van der Waals surface area contributed by atoms with Gasteiger partial charge in [0.25, 0.3) is 0 Å². The standard InChI is InChI=1S/C13H10BClO4/c15-10-2-5-11(6-3-10)19-12-4-1-9(8-16)13(7-12)14(17)18/h1-8,17-18H. The molecule has 6 heteroatoms. The highest BCUT2D eigenvalue weighted by molar-refractivity contribution is 6.60. The van der Waals surface area contributed by atoms with Crippen LogP contribution < -0.4 is 10.2 Å². The number of hydrogen-bond donors (Lipinski definition) is 2. The van der Waals surface area contributed by atoms with Crippen LogP contribution in [0.2, 0.25) is 5.02 Å². The molecule has 0 aromatic heterocycles. The molecule has 0 heterocycles. The van der Waals surface area contributed by atoms with E-state index in [9.17, 15) is 14.8 Å². The molecule has 2 rings (SSSR count). The average Bonchev–Trinajstić information content (AvgIpc) is 2.41. The third kappa shape index (κ3) is 3.35. The van der Waals surface area contributed by atoms with Crippen molar-refractivity contribution in [2.75, 3.05) is 0 Å². The van der Waals surface area contributed by atoms with Crippen molar-refractivity contribution in [3.8, 4) is 11.5 Å². The second kappa shape index (κ2) is 5.88. The van der Waals surface area contributed by atoms with Crippen LogP contribution in [-0.4, -0.2) is 23.5 Å². The van der Waals surface area contributed by atoms with Crippen LogP contribution in [0.15, 0.2) is 42.5 Å². The lowest BCUT2D eigenvalue weighted by atomic mass is 9.77. The Labute approximate surface area is 115 Å². The van der Waals surface area contributed by atoms with Crippen molar-refractivity contribution < 1.29 is 19.6 Å². The monoisotopic (exact) mass is 276 g/mol. The molecule has 0 bridgehead atoms. The predicted molar refractivity (Wildman–Crippen MR) is 73.2 cm³/mol. The van der Waals surface area contributed by atoms with Gasteiger partial charge in [-0.1, -0.05) is 11.6 Å². The molecule has 0 atom stereocenters. The van der Waals surface area contributed by atoms with E-state index in [1.54, 1.807) is 30.3 Å². The van der Waals surface area contributed by atoms with Gasteiger partial charge in [-0.05, 0) is 47.9 Å². The number of rotatable bonds is 4. The SMILES string of the molecule is O=Cc1ccc(Oc2ccc(Cl)cc2)cc1B(O)O. The highest BCUT2D eigenvalue weighted by Gasteiger charge is 2.16. The molecule has 19 heavy (non-hydrogen) atoms. The summed E-state index contributed by atoms with van der Waals surface area (Å²) in [5, 5.41) is 19.0. The van der Waals surface area contributed by atoms with E-state index in [1.165, 1.54) is 12.1 Å². The second-order valence-corrected chi connectivity index (χ2v) is 4.27. The maximum atomic E-state index is 10.8. The Morgan fingerprint density at radius 1 is 1.05 bits per heavy atom. The van der Waals surface area contributed by atoms with E-state index in [1.807, 2.05) is 0 Å². The summed E-state index contributed by atoms with van der Waals surface area (Å²) in [5.41, 5.74) is 0.305. The lowest BCUT2D eigenvalue weighted by molar-refractivity contribution is 0.112. The number of hydrogen-bond acceptors (Lipinski definition) is 4. The maximum Gasteiger partial charge on any atom is 0.489 e. The Bertz CT molecular complexity index is 584. The summed E-state index contributed by atoms with van der Waals surface area (Å²) in [6.07, 6.45) is 0.556. The number of ether oxygens (including phenoxy) is 1. The van der Waals surface area contributed by atoms with Gasteiger partial charge in [-0.3, -0.25) is 4.79 Å². The minimum Gasteiger partial charge on any atom is -0.457 e. The molecule has 0 amide bonds. The van der Waals surface area contributed by atoms with Crippen molar-refractivity contribution in [1.29, 1.82) is 0 Å². The second-order valence-electron chi connectivity index (χ2n) is 3.84. The summed E-state index contributed by atoms with van der Waals surface area (Å²) in [6.45, 7) is 0. The van der Waals surface area contributed by atoms with Crippen molar-refractivity contribution in [2.45, 2.75) is 0 Å². The smallest absolute Gasteiger partial charge is 0.457 e. The van der Waals surface area contributed by atoms with Gasteiger partial charge in [0.15, 0.2) is 0 Å². The lowest BCUT2D eigenvalue weighted by Crippen LogP contribution is -2.32. The zero-order valence-electron chi connectivity index (χ0n) is 9.79. The first-order valence-corrected chi connectivity index (χ1v) is 5.86. The van der Waals surface area contributed by atoms with Gasteiger partial charge < -0.3 is 14.8 Å². The Morgan fingerprint density at radius 3 is 2.26 bits per heavy atom. The third-order valence-corrected chi connectivity index (χ3v) is 2.76. The molecule has 2 aromatic carbocycles. The molecule has 4 nitrogen and oxygen atoms in total. The number of carbonyl (C=O) groups excluding carboxylic acids is 1. The van der Waals surface area contributed by atoms with Crippen LogP contribution in [0.1, 0.15) is 10.4 Å². The number of benzene rings is 2. The summed E-state index contributed by atoms with van der Waals surface area (Å²) in [7, 11) is -1.73. The molecule has 0 saturated heterocycles. The van der Waals surface area contributed by atoms with Gasteiger partial charge in [0, 0.05) is 10.6 Å². The molecule has 0 unspecified atom stereocenters. The minimum atomic E-state index is -1.73. The van der Waals surface area contributed by atoms with Crippen LogP contribution >= 0.6 is 11.6 Å². The molecular formula is C13H10BClO4. The van der Waals surface area contributed by atoms with Gasteiger partial charge >= 0.3 is 7.12 Å².